The van der Waals surface area contributed by atoms with Crippen molar-refractivity contribution in [1.82, 2.24) is 5.32 Å². The fourth-order valence-electron chi connectivity index (χ4n) is 1.34. The van der Waals surface area contributed by atoms with Gasteiger partial charge >= 0.3 is 0 Å². The Labute approximate surface area is 128 Å². The van der Waals surface area contributed by atoms with Crippen LogP contribution in [0.2, 0.25) is 0 Å². The molecule has 0 heterocycles. The van der Waals surface area contributed by atoms with Crippen LogP contribution in [0.5, 0.6) is 0 Å². The second kappa shape index (κ2) is 14.2. The number of ether oxygens (including phenoxy) is 4. The molecule has 1 unspecified atom stereocenters. The lowest BCUT2D eigenvalue weighted by atomic mass is 10.1. The molecule has 0 spiro atoms. The second-order valence-corrected chi connectivity index (χ2v) is 4.94. The Morgan fingerprint density at radius 2 is 1.38 bits per heavy atom. The van der Waals surface area contributed by atoms with E-state index in [4.69, 9.17) is 24.2 Å². The van der Waals surface area contributed by atoms with Crippen LogP contribution in [0.4, 0.5) is 0 Å². The molecule has 0 aliphatic heterocycles. The molecule has 0 fully saturated rings. The third-order valence-electron chi connectivity index (χ3n) is 2.95. The summed E-state index contributed by atoms with van der Waals surface area (Å²) in [4.78, 5) is 0. The van der Waals surface area contributed by atoms with Crippen LogP contribution in [0.3, 0.4) is 0 Å². The van der Waals surface area contributed by atoms with Crippen LogP contribution in [0.25, 0.3) is 0 Å². The van der Waals surface area contributed by atoms with E-state index in [-0.39, 0.29) is 0 Å². The summed E-state index contributed by atoms with van der Waals surface area (Å²) in [5, 5.41) is 11.8. The average Bonchev–Trinajstić information content (AvgIpc) is 2.51. The highest BCUT2D eigenvalue weighted by Crippen LogP contribution is 2.00. The molecule has 124 valence electrons. The standard InChI is InChI=1S/C15H30N2O4/c1-4-5-6-18-7-8-19-9-10-20-11-12-21-14-15(2,13-16)17-3/h17H,4-12,14H2,1-3H3. The van der Waals surface area contributed by atoms with Gasteiger partial charge in [0.1, 0.15) is 5.54 Å². The summed E-state index contributed by atoms with van der Waals surface area (Å²) in [5.74, 6) is 0. The highest BCUT2D eigenvalue weighted by molar-refractivity contribution is 5.02. The highest BCUT2D eigenvalue weighted by atomic mass is 16.6. The first-order valence-corrected chi connectivity index (χ1v) is 7.59. The molecule has 0 bridgehead atoms. The molecule has 0 rings (SSSR count). The van der Waals surface area contributed by atoms with Gasteiger partial charge in [0.05, 0.1) is 52.3 Å². The van der Waals surface area contributed by atoms with Crippen molar-refractivity contribution in [3.8, 4) is 6.07 Å². The summed E-state index contributed by atoms with van der Waals surface area (Å²) in [6.07, 6.45) is 2.25. The molecule has 1 atom stereocenters. The van der Waals surface area contributed by atoms with E-state index >= 15 is 0 Å². The molecule has 0 aliphatic rings. The number of nitrogens with one attached hydrogen (secondary N) is 1. The number of nitrogens with zero attached hydrogens (tertiary/aromatic N) is 1. The van der Waals surface area contributed by atoms with E-state index in [0.29, 0.717) is 46.2 Å². The number of nitriles is 1. The fourth-order valence-corrected chi connectivity index (χ4v) is 1.34. The Bertz CT molecular complexity index is 271. The molecule has 1 N–H and O–H groups in total. The molecule has 0 aromatic heterocycles. The molecule has 0 radical (unpaired) electrons. The SMILES string of the molecule is CCCCOCCOCCOCCOCC(C)(C#N)NC. The minimum atomic E-state index is -0.638. The zero-order valence-electron chi connectivity index (χ0n) is 13.7. The normalized spacial score (nSPS) is 13.8. The van der Waals surface area contributed by atoms with Crippen molar-refractivity contribution in [2.75, 3.05) is 59.9 Å². The molecule has 0 saturated carbocycles. The zero-order valence-corrected chi connectivity index (χ0v) is 13.7. The van der Waals surface area contributed by atoms with Gasteiger partial charge in [-0.3, -0.25) is 0 Å². The number of unbranched alkanes of at least 4 members (excludes halogenated alkanes) is 1. The number of hydrogen-bond acceptors (Lipinski definition) is 6. The number of likely N-dealkylation sites (N-methyl/N-ethyl adjacent to an activating group) is 1. The van der Waals surface area contributed by atoms with E-state index in [0.717, 1.165) is 19.4 Å². The smallest absolute Gasteiger partial charge is 0.127 e. The number of rotatable bonds is 15. The van der Waals surface area contributed by atoms with Crippen molar-refractivity contribution in [2.45, 2.75) is 32.2 Å². The second-order valence-electron chi connectivity index (χ2n) is 4.94. The summed E-state index contributed by atoms with van der Waals surface area (Å²) in [7, 11) is 1.74. The maximum absolute atomic E-state index is 8.93. The molecular formula is C15H30N2O4. The highest BCUT2D eigenvalue weighted by Gasteiger charge is 2.20. The predicted octanol–water partition coefficient (Wildman–Crippen LogP) is 1.35. The monoisotopic (exact) mass is 302 g/mol. The largest absolute Gasteiger partial charge is 0.379 e. The molecular weight excluding hydrogens is 272 g/mol. The van der Waals surface area contributed by atoms with Gasteiger partial charge in [-0.1, -0.05) is 13.3 Å². The van der Waals surface area contributed by atoms with Crippen molar-refractivity contribution in [1.29, 1.82) is 5.26 Å². The molecule has 6 nitrogen and oxygen atoms in total. The van der Waals surface area contributed by atoms with Gasteiger partial charge in [-0.25, -0.2) is 0 Å². The Hall–Kier alpha value is -0.710. The van der Waals surface area contributed by atoms with Gasteiger partial charge in [0, 0.05) is 6.61 Å². The third-order valence-corrected chi connectivity index (χ3v) is 2.95. The Balaban J connectivity index is 3.18. The van der Waals surface area contributed by atoms with Crippen LogP contribution in [-0.4, -0.2) is 65.4 Å². The first-order valence-electron chi connectivity index (χ1n) is 7.59. The van der Waals surface area contributed by atoms with Gasteiger partial charge in [0.25, 0.3) is 0 Å². The van der Waals surface area contributed by atoms with Crippen LogP contribution < -0.4 is 5.32 Å². The summed E-state index contributed by atoms with van der Waals surface area (Å²) in [6, 6.07) is 2.16. The maximum Gasteiger partial charge on any atom is 0.127 e. The summed E-state index contributed by atoms with van der Waals surface area (Å²) < 4.78 is 21.5. The van der Waals surface area contributed by atoms with Crippen molar-refractivity contribution in [3.63, 3.8) is 0 Å². The quantitative estimate of drug-likeness (QED) is 0.460. The van der Waals surface area contributed by atoms with E-state index in [1.807, 2.05) is 0 Å². The Kier molecular flexibility index (Phi) is 13.8. The van der Waals surface area contributed by atoms with E-state index in [2.05, 4.69) is 18.3 Å². The summed E-state index contributed by atoms with van der Waals surface area (Å²) in [5.41, 5.74) is -0.638. The van der Waals surface area contributed by atoms with E-state index in [9.17, 15) is 0 Å². The van der Waals surface area contributed by atoms with Crippen LogP contribution in [0, 0.1) is 11.3 Å². The van der Waals surface area contributed by atoms with E-state index < -0.39 is 5.54 Å². The molecule has 0 aromatic rings. The molecule has 6 heteroatoms. The summed E-state index contributed by atoms with van der Waals surface area (Å²) in [6.45, 7) is 8.40. The minimum absolute atomic E-state index is 0.342. The van der Waals surface area contributed by atoms with Crippen molar-refractivity contribution >= 4 is 0 Å². The Morgan fingerprint density at radius 3 is 1.81 bits per heavy atom. The molecule has 0 amide bonds. The van der Waals surface area contributed by atoms with Crippen molar-refractivity contribution < 1.29 is 18.9 Å². The molecule has 0 aromatic carbocycles. The van der Waals surface area contributed by atoms with E-state index in [1.54, 1.807) is 14.0 Å². The van der Waals surface area contributed by atoms with E-state index in [1.165, 1.54) is 0 Å². The van der Waals surface area contributed by atoms with Crippen LogP contribution in [0.15, 0.2) is 0 Å². The first-order chi connectivity index (χ1) is 10.2. The molecule has 0 saturated heterocycles. The molecule has 0 aliphatic carbocycles. The zero-order chi connectivity index (χ0) is 15.8. The van der Waals surface area contributed by atoms with Gasteiger partial charge in [-0.15, -0.1) is 0 Å². The lowest BCUT2D eigenvalue weighted by molar-refractivity contribution is -0.00609. The molecule has 21 heavy (non-hydrogen) atoms. The van der Waals surface area contributed by atoms with Crippen molar-refractivity contribution in [3.05, 3.63) is 0 Å². The summed E-state index contributed by atoms with van der Waals surface area (Å²) >= 11 is 0. The topological polar surface area (TPSA) is 72.7 Å². The fraction of sp³-hybridized carbons (Fsp3) is 0.933. The third kappa shape index (κ3) is 12.7. The van der Waals surface area contributed by atoms with Gasteiger partial charge in [0.2, 0.25) is 0 Å². The lowest BCUT2D eigenvalue weighted by Gasteiger charge is -2.20. The number of hydrogen-bond donors (Lipinski definition) is 1. The van der Waals surface area contributed by atoms with Crippen LogP contribution in [-0.2, 0) is 18.9 Å². The Morgan fingerprint density at radius 1 is 0.905 bits per heavy atom. The van der Waals surface area contributed by atoms with Crippen LogP contribution >= 0.6 is 0 Å². The minimum Gasteiger partial charge on any atom is -0.379 e. The lowest BCUT2D eigenvalue weighted by Crippen LogP contribution is -2.43. The van der Waals surface area contributed by atoms with Crippen molar-refractivity contribution in [2.24, 2.45) is 0 Å². The van der Waals surface area contributed by atoms with Gasteiger partial charge in [0.15, 0.2) is 0 Å². The van der Waals surface area contributed by atoms with Gasteiger partial charge in [-0.2, -0.15) is 5.26 Å². The maximum atomic E-state index is 8.93. The van der Waals surface area contributed by atoms with Gasteiger partial charge < -0.3 is 24.3 Å². The first kappa shape index (κ1) is 20.3. The van der Waals surface area contributed by atoms with Gasteiger partial charge in [-0.05, 0) is 20.4 Å². The average molecular weight is 302 g/mol. The predicted molar refractivity (Wildman–Crippen MR) is 81.3 cm³/mol. The van der Waals surface area contributed by atoms with Crippen LogP contribution in [0.1, 0.15) is 26.7 Å².